The number of phenols is 1. The summed E-state index contributed by atoms with van der Waals surface area (Å²) >= 11 is 4.73. The van der Waals surface area contributed by atoms with E-state index >= 15 is 0 Å². The summed E-state index contributed by atoms with van der Waals surface area (Å²) in [6, 6.07) is 11.7. The Balaban J connectivity index is 0.00000187. The quantitative estimate of drug-likeness (QED) is 0.356. The summed E-state index contributed by atoms with van der Waals surface area (Å²) in [5.41, 5.74) is 6.21. The van der Waals surface area contributed by atoms with E-state index in [4.69, 9.17) is 26.8 Å². The molecule has 2 N–H and O–H groups in total. The largest absolute Gasteiger partial charge is 0.508 e. The lowest BCUT2D eigenvalue weighted by Crippen LogP contribution is -2.31. The zero-order valence-corrected chi connectivity index (χ0v) is 21.7. The van der Waals surface area contributed by atoms with Crippen LogP contribution < -0.4 is 14.9 Å². The molecule has 0 bridgehead atoms. The van der Waals surface area contributed by atoms with Crippen molar-refractivity contribution < 1.29 is 19.3 Å². The number of ether oxygens (including phenoxy) is 3. The molecule has 2 atom stereocenters. The highest BCUT2D eigenvalue weighted by Crippen LogP contribution is 2.39. The monoisotopic (exact) mass is 477 g/mol. The maximum Gasteiger partial charge on any atom is 0.161 e. The molecule has 2 aromatic rings. The molecule has 2 aromatic carbocycles. The summed E-state index contributed by atoms with van der Waals surface area (Å²) in [5, 5.41) is 12.6. The fraction of sp³-hybridized carbons (Fsp3) is 0.520. The van der Waals surface area contributed by atoms with Crippen LogP contribution in [-0.2, 0) is 11.3 Å². The summed E-state index contributed by atoms with van der Waals surface area (Å²) in [4.78, 5) is 2.18. The highest BCUT2D eigenvalue weighted by atomic mass is 32.1. The number of hydrogen-bond acceptors (Lipinski definition) is 8. The number of benzene rings is 2. The second kappa shape index (κ2) is 13.1. The molecule has 33 heavy (non-hydrogen) atoms. The Labute approximate surface area is 204 Å². The van der Waals surface area contributed by atoms with E-state index in [2.05, 4.69) is 30.2 Å². The van der Waals surface area contributed by atoms with Crippen LogP contribution in [0.25, 0.3) is 0 Å². The molecular formula is C25H39N3O4S. The number of rotatable bonds is 9. The van der Waals surface area contributed by atoms with Gasteiger partial charge in [0.05, 0.1) is 13.7 Å². The fourth-order valence-corrected chi connectivity index (χ4v) is 4.15. The van der Waals surface area contributed by atoms with Gasteiger partial charge in [0.15, 0.2) is 11.5 Å². The van der Waals surface area contributed by atoms with Gasteiger partial charge in [-0.15, -0.1) is 12.6 Å². The van der Waals surface area contributed by atoms with Gasteiger partial charge in [-0.25, -0.2) is 10.4 Å². The predicted octanol–water partition coefficient (Wildman–Crippen LogP) is 4.74. The molecule has 1 aliphatic rings. The van der Waals surface area contributed by atoms with Crippen LogP contribution in [0.15, 0.2) is 36.4 Å². The van der Waals surface area contributed by atoms with Crippen LogP contribution in [0.4, 0.5) is 0 Å². The number of thiol groups is 1. The van der Waals surface area contributed by atoms with Crippen molar-refractivity contribution in [3.05, 3.63) is 53.1 Å². The minimum atomic E-state index is -0.208. The van der Waals surface area contributed by atoms with Crippen molar-refractivity contribution in [1.29, 1.82) is 0 Å². The molecule has 0 saturated carbocycles. The third-order valence-electron chi connectivity index (χ3n) is 5.45. The average Bonchev–Trinajstić information content (AvgIpc) is 3.08. The zero-order valence-electron chi connectivity index (χ0n) is 20.8. The van der Waals surface area contributed by atoms with E-state index in [9.17, 15) is 5.11 Å². The molecule has 1 saturated heterocycles. The SMILES string of the molecule is CC.COCCOc1ccc(CN2C(S)NN(C)C2c2cc(C(C)C)ccc2O)cc1OC. The first-order valence-corrected chi connectivity index (χ1v) is 11.9. The van der Waals surface area contributed by atoms with Gasteiger partial charge >= 0.3 is 0 Å². The summed E-state index contributed by atoms with van der Waals surface area (Å²) in [6.45, 7) is 9.87. The molecule has 0 spiro atoms. The minimum Gasteiger partial charge on any atom is -0.508 e. The number of nitrogens with zero attached hydrogens (tertiary/aromatic N) is 2. The van der Waals surface area contributed by atoms with E-state index in [0.717, 1.165) is 11.1 Å². The molecule has 3 rings (SSSR count). The van der Waals surface area contributed by atoms with Crippen LogP contribution >= 0.6 is 12.6 Å². The number of hydrogen-bond donors (Lipinski definition) is 3. The van der Waals surface area contributed by atoms with Crippen LogP contribution in [0.2, 0.25) is 0 Å². The lowest BCUT2D eigenvalue weighted by molar-refractivity contribution is 0.134. The standard InChI is InChI=1S/C23H33N3O4S.C2H6/c1-15(2)17-7-8-19(27)18(13-17)22-25(3)24-23(31)26(22)14-16-6-9-20(21(12-16)29-5)30-11-10-28-4;1-2/h6-9,12-13,15,22-24,27,31H,10-11,14H2,1-5H3;1-2H3. The molecule has 184 valence electrons. The summed E-state index contributed by atoms with van der Waals surface area (Å²) in [7, 11) is 5.24. The topological polar surface area (TPSA) is 66.4 Å². The summed E-state index contributed by atoms with van der Waals surface area (Å²) < 4.78 is 16.3. The van der Waals surface area contributed by atoms with Gasteiger partial charge in [-0.3, -0.25) is 4.90 Å². The Morgan fingerprint density at radius 3 is 2.42 bits per heavy atom. The Hall–Kier alpha value is -1.97. The number of nitrogens with one attached hydrogen (secondary N) is 1. The van der Waals surface area contributed by atoms with Gasteiger partial charge < -0.3 is 19.3 Å². The van der Waals surface area contributed by atoms with E-state index in [1.54, 1.807) is 20.3 Å². The van der Waals surface area contributed by atoms with Crippen molar-refractivity contribution >= 4 is 12.6 Å². The van der Waals surface area contributed by atoms with Gasteiger partial charge in [-0.05, 0) is 41.3 Å². The van der Waals surface area contributed by atoms with Gasteiger partial charge in [0, 0.05) is 26.3 Å². The van der Waals surface area contributed by atoms with Crippen LogP contribution in [0.5, 0.6) is 17.2 Å². The van der Waals surface area contributed by atoms with Crippen molar-refractivity contribution in [2.45, 2.75) is 51.8 Å². The molecule has 1 fully saturated rings. The van der Waals surface area contributed by atoms with E-state index in [0.29, 0.717) is 37.2 Å². The van der Waals surface area contributed by atoms with E-state index < -0.39 is 0 Å². The fourth-order valence-electron chi connectivity index (χ4n) is 3.76. The summed E-state index contributed by atoms with van der Waals surface area (Å²) in [6.07, 6.45) is -0.176. The lowest BCUT2D eigenvalue weighted by atomic mass is 9.98. The van der Waals surface area contributed by atoms with Crippen molar-refractivity contribution in [3.8, 4) is 17.2 Å². The van der Waals surface area contributed by atoms with Gasteiger partial charge in [0.2, 0.25) is 0 Å². The highest BCUT2D eigenvalue weighted by molar-refractivity contribution is 7.80. The number of aromatic hydroxyl groups is 1. The Kier molecular flexibility index (Phi) is 10.8. The van der Waals surface area contributed by atoms with Gasteiger partial charge in [-0.1, -0.05) is 39.8 Å². The first-order chi connectivity index (χ1) is 15.8. The average molecular weight is 478 g/mol. The van der Waals surface area contributed by atoms with E-state index in [1.807, 2.05) is 50.2 Å². The van der Waals surface area contributed by atoms with Crippen LogP contribution in [0.1, 0.15) is 56.5 Å². The molecule has 0 amide bonds. The van der Waals surface area contributed by atoms with Gasteiger partial charge in [-0.2, -0.15) is 0 Å². The summed E-state index contributed by atoms with van der Waals surface area (Å²) in [5.74, 6) is 2.00. The molecule has 0 aliphatic carbocycles. The van der Waals surface area contributed by atoms with Gasteiger partial charge in [0.25, 0.3) is 0 Å². The Morgan fingerprint density at radius 1 is 1.06 bits per heavy atom. The van der Waals surface area contributed by atoms with Crippen LogP contribution in [0, 0.1) is 0 Å². The molecule has 0 radical (unpaired) electrons. The second-order valence-electron chi connectivity index (χ2n) is 7.96. The number of phenolic OH excluding ortho intramolecular Hbond substituents is 1. The van der Waals surface area contributed by atoms with Crippen molar-refractivity contribution in [1.82, 2.24) is 15.3 Å². The van der Waals surface area contributed by atoms with Crippen molar-refractivity contribution in [2.75, 3.05) is 34.5 Å². The lowest BCUT2D eigenvalue weighted by Gasteiger charge is -2.29. The molecule has 1 aliphatic heterocycles. The highest BCUT2D eigenvalue weighted by Gasteiger charge is 2.38. The third-order valence-corrected chi connectivity index (χ3v) is 5.86. The first kappa shape index (κ1) is 27.3. The normalized spacial score (nSPS) is 18.8. The first-order valence-electron chi connectivity index (χ1n) is 11.4. The Morgan fingerprint density at radius 2 is 1.79 bits per heavy atom. The van der Waals surface area contributed by atoms with Crippen molar-refractivity contribution in [3.63, 3.8) is 0 Å². The van der Waals surface area contributed by atoms with Crippen molar-refractivity contribution in [2.24, 2.45) is 0 Å². The zero-order chi connectivity index (χ0) is 24.5. The van der Waals surface area contributed by atoms with E-state index in [1.165, 1.54) is 5.56 Å². The molecule has 1 heterocycles. The van der Waals surface area contributed by atoms with Crippen LogP contribution in [0.3, 0.4) is 0 Å². The smallest absolute Gasteiger partial charge is 0.161 e. The minimum absolute atomic E-state index is 0.176. The van der Waals surface area contributed by atoms with E-state index in [-0.39, 0.29) is 17.4 Å². The third kappa shape index (κ3) is 6.77. The number of methoxy groups -OCH3 is 2. The second-order valence-corrected chi connectivity index (χ2v) is 8.45. The molecule has 7 nitrogen and oxygen atoms in total. The maximum absolute atomic E-state index is 10.6. The Bertz CT molecular complexity index is 881. The molecule has 8 heteroatoms. The number of hydrazine groups is 1. The molecule has 2 unspecified atom stereocenters. The van der Waals surface area contributed by atoms with Crippen LogP contribution in [-0.4, -0.2) is 55.0 Å². The molecule has 0 aromatic heterocycles. The predicted molar refractivity (Wildman–Crippen MR) is 136 cm³/mol. The maximum atomic E-state index is 10.6. The van der Waals surface area contributed by atoms with Gasteiger partial charge in [0.1, 0.15) is 24.0 Å². The molecular weight excluding hydrogens is 438 g/mol.